The van der Waals surface area contributed by atoms with E-state index in [9.17, 15) is 9.59 Å². The van der Waals surface area contributed by atoms with Gasteiger partial charge in [-0.3, -0.25) is 4.79 Å². The molecule has 1 aromatic carbocycles. The molecule has 0 saturated carbocycles. The van der Waals surface area contributed by atoms with E-state index in [1.165, 1.54) is 0 Å². The quantitative estimate of drug-likeness (QED) is 0.645. The largest absolute Gasteiger partial charge is 0.351 e. The zero-order valence-corrected chi connectivity index (χ0v) is 10.5. The van der Waals surface area contributed by atoms with Crippen molar-refractivity contribution in [1.82, 2.24) is 0 Å². The van der Waals surface area contributed by atoms with E-state index < -0.39 is 11.6 Å². The van der Waals surface area contributed by atoms with Crippen molar-refractivity contribution in [3.63, 3.8) is 0 Å². The highest BCUT2D eigenvalue weighted by Gasteiger charge is 2.25. The molecule has 0 bridgehead atoms. The van der Waals surface area contributed by atoms with E-state index in [-0.39, 0.29) is 5.91 Å². The maximum atomic E-state index is 11.8. The van der Waals surface area contributed by atoms with E-state index >= 15 is 0 Å². The van der Waals surface area contributed by atoms with Gasteiger partial charge < -0.3 is 22.1 Å². The number of nitrogens with two attached hydrogens (primary N) is 2. The number of rotatable bonds is 4. The first-order valence-corrected chi connectivity index (χ1v) is 5.62. The molecule has 6 heteroatoms. The normalized spacial score (nSPS) is 13.5. The van der Waals surface area contributed by atoms with Crippen LogP contribution in [0.2, 0.25) is 0 Å². The molecular formula is C12H18N4O2. The van der Waals surface area contributed by atoms with E-state index in [1.54, 1.807) is 31.2 Å². The summed E-state index contributed by atoms with van der Waals surface area (Å²) >= 11 is 0. The molecule has 6 N–H and O–H groups in total. The summed E-state index contributed by atoms with van der Waals surface area (Å²) in [6, 6.07) is 5.97. The molecule has 0 saturated heterocycles. The van der Waals surface area contributed by atoms with Gasteiger partial charge in [-0.25, -0.2) is 4.79 Å². The smallest absolute Gasteiger partial charge is 0.316 e. The van der Waals surface area contributed by atoms with E-state index in [4.69, 9.17) is 11.5 Å². The van der Waals surface area contributed by atoms with Crippen LogP contribution in [0.5, 0.6) is 0 Å². The fraction of sp³-hybridized carbons (Fsp3) is 0.333. The summed E-state index contributed by atoms with van der Waals surface area (Å²) in [6.45, 7) is 3.52. The maximum absolute atomic E-state index is 11.8. The fourth-order valence-corrected chi connectivity index (χ4v) is 1.21. The highest BCUT2D eigenvalue weighted by Crippen LogP contribution is 2.15. The zero-order valence-electron chi connectivity index (χ0n) is 10.5. The van der Waals surface area contributed by atoms with Crippen molar-refractivity contribution in [3.05, 3.63) is 24.3 Å². The third kappa shape index (κ3) is 3.74. The Labute approximate surface area is 106 Å². The van der Waals surface area contributed by atoms with Gasteiger partial charge in [0.25, 0.3) is 0 Å². The molecule has 0 heterocycles. The minimum Gasteiger partial charge on any atom is -0.351 e. The molecular weight excluding hydrogens is 232 g/mol. The number of hydrogen-bond donors (Lipinski definition) is 4. The predicted octanol–water partition coefficient (Wildman–Crippen LogP) is 1.24. The molecule has 0 fully saturated rings. The molecule has 0 aliphatic heterocycles. The van der Waals surface area contributed by atoms with Crippen molar-refractivity contribution in [2.75, 3.05) is 10.6 Å². The van der Waals surface area contributed by atoms with Gasteiger partial charge in [0.1, 0.15) is 0 Å². The second kappa shape index (κ2) is 5.50. The number of anilines is 2. The molecule has 1 atom stereocenters. The summed E-state index contributed by atoms with van der Waals surface area (Å²) in [4.78, 5) is 22.4. The fourth-order valence-electron chi connectivity index (χ4n) is 1.21. The highest BCUT2D eigenvalue weighted by atomic mass is 16.2. The molecule has 0 aliphatic rings. The van der Waals surface area contributed by atoms with Gasteiger partial charge in [0.2, 0.25) is 5.91 Å². The van der Waals surface area contributed by atoms with E-state index in [0.717, 1.165) is 0 Å². The molecule has 0 aliphatic carbocycles. The average Bonchev–Trinajstić information content (AvgIpc) is 2.31. The summed E-state index contributed by atoms with van der Waals surface area (Å²) in [5, 5.41) is 5.13. The van der Waals surface area contributed by atoms with Gasteiger partial charge in [0, 0.05) is 11.4 Å². The van der Waals surface area contributed by atoms with E-state index in [1.807, 2.05) is 6.92 Å². The summed E-state index contributed by atoms with van der Waals surface area (Å²) in [7, 11) is 0. The number of primary amides is 1. The van der Waals surface area contributed by atoms with E-state index in [0.29, 0.717) is 17.8 Å². The molecule has 0 spiro atoms. The summed E-state index contributed by atoms with van der Waals surface area (Å²) < 4.78 is 0. The Morgan fingerprint density at radius 2 is 1.61 bits per heavy atom. The first-order valence-electron chi connectivity index (χ1n) is 5.62. The van der Waals surface area contributed by atoms with Crippen LogP contribution in [0.1, 0.15) is 20.3 Å². The van der Waals surface area contributed by atoms with Crippen molar-refractivity contribution in [2.45, 2.75) is 25.8 Å². The van der Waals surface area contributed by atoms with Gasteiger partial charge in [-0.15, -0.1) is 0 Å². The van der Waals surface area contributed by atoms with Crippen LogP contribution in [-0.2, 0) is 4.79 Å². The first-order chi connectivity index (χ1) is 8.35. The third-order valence-electron chi connectivity index (χ3n) is 2.66. The minimum absolute atomic E-state index is 0.249. The lowest BCUT2D eigenvalue weighted by molar-refractivity contribution is -0.120. The van der Waals surface area contributed by atoms with Crippen LogP contribution in [0.25, 0.3) is 0 Å². The third-order valence-corrected chi connectivity index (χ3v) is 2.66. The van der Waals surface area contributed by atoms with Gasteiger partial charge in [0.05, 0.1) is 5.54 Å². The van der Waals surface area contributed by atoms with Gasteiger partial charge in [0.15, 0.2) is 0 Å². The summed E-state index contributed by atoms with van der Waals surface area (Å²) in [6.07, 6.45) is 0.542. The summed E-state index contributed by atoms with van der Waals surface area (Å²) in [5.74, 6) is -0.249. The summed E-state index contributed by atoms with van der Waals surface area (Å²) in [5.41, 5.74) is 11.1. The van der Waals surface area contributed by atoms with Gasteiger partial charge in [-0.2, -0.15) is 0 Å². The Morgan fingerprint density at radius 1 is 1.17 bits per heavy atom. The Balaban J connectivity index is 2.69. The average molecular weight is 250 g/mol. The number of amides is 3. The van der Waals surface area contributed by atoms with Crippen molar-refractivity contribution >= 4 is 23.3 Å². The van der Waals surface area contributed by atoms with Crippen LogP contribution in [0, 0.1) is 0 Å². The molecule has 1 unspecified atom stereocenters. The lowest BCUT2D eigenvalue weighted by atomic mass is 9.99. The number of benzene rings is 1. The first kappa shape index (κ1) is 14.0. The molecule has 1 rings (SSSR count). The van der Waals surface area contributed by atoms with Gasteiger partial charge >= 0.3 is 6.03 Å². The Morgan fingerprint density at radius 3 is 2.00 bits per heavy atom. The Hall–Kier alpha value is -2.08. The molecule has 18 heavy (non-hydrogen) atoms. The van der Waals surface area contributed by atoms with Crippen molar-refractivity contribution in [3.8, 4) is 0 Å². The second-order valence-corrected chi connectivity index (χ2v) is 4.29. The van der Waals surface area contributed by atoms with Crippen LogP contribution in [0.3, 0.4) is 0 Å². The lowest BCUT2D eigenvalue weighted by Gasteiger charge is -2.21. The van der Waals surface area contributed by atoms with Gasteiger partial charge in [-0.05, 0) is 37.6 Å². The zero-order chi connectivity index (χ0) is 13.8. The monoisotopic (exact) mass is 250 g/mol. The minimum atomic E-state index is -0.899. The van der Waals surface area contributed by atoms with Crippen LogP contribution < -0.4 is 22.1 Å². The van der Waals surface area contributed by atoms with Crippen LogP contribution in [-0.4, -0.2) is 17.5 Å². The van der Waals surface area contributed by atoms with Crippen LogP contribution >= 0.6 is 0 Å². The predicted molar refractivity (Wildman–Crippen MR) is 71.2 cm³/mol. The number of hydrogen-bond acceptors (Lipinski definition) is 3. The molecule has 98 valence electrons. The molecule has 6 nitrogen and oxygen atoms in total. The second-order valence-electron chi connectivity index (χ2n) is 4.29. The SMILES string of the molecule is CCC(C)(N)C(=O)Nc1ccc(NC(N)=O)cc1. The van der Waals surface area contributed by atoms with Crippen molar-refractivity contribution in [1.29, 1.82) is 0 Å². The molecule has 0 radical (unpaired) electrons. The van der Waals surface area contributed by atoms with Crippen LogP contribution in [0.4, 0.5) is 16.2 Å². The van der Waals surface area contributed by atoms with Gasteiger partial charge in [-0.1, -0.05) is 6.92 Å². The molecule has 0 aromatic heterocycles. The maximum Gasteiger partial charge on any atom is 0.316 e. The topological polar surface area (TPSA) is 110 Å². The standard InChI is InChI=1S/C12H18N4O2/c1-3-12(2,14)10(17)15-8-4-6-9(7-5-8)16-11(13)18/h4-7H,3,14H2,1-2H3,(H,15,17)(H3,13,16,18). The highest BCUT2D eigenvalue weighted by molar-refractivity contribution is 5.97. The van der Waals surface area contributed by atoms with E-state index in [2.05, 4.69) is 10.6 Å². The number of carbonyl (C=O) groups excluding carboxylic acids is 2. The Kier molecular flexibility index (Phi) is 4.28. The molecule has 3 amide bonds. The van der Waals surface area contributed by atoms with Crippen molar-refractivity contribution < 1.29 is 9.59 Å². The lowest BCUT2D eigenvalue weighted by Crippen LogP contribution is -2.47. The number of urea groups is 1. The number of nitrogens with one attached hydrogen (secondary N) is 2. The number of carbonyl (C=O) groups is 2. The van der Waals surface area contributed by atoms with Crippen molar-refractivity contribution in [2.24, 2.45) is 11.5 Å². The molecule has 1 aromatic rings. The Bertz CT molecular complexity index is 440. The van der Waals surface area contributed by atoms with Crippen LogP contribution in [0.15, 0.2) is 24.3 Å².